The standard InChI is InChI=1S/C12H18BrNS2/c1-12(2,14)7-8-5-9(13)11(16-4)10(6-8)15-3/h5-6H,7,14H2,1-4H3. The minimum absolute atomic E-state index is 0.157. The molecule has 0 bridgehead atoms. The Hall–Kier alpha value is 0.360. The predicted molar refractivity (Wildman–Crippen MR) is 79.7 cm³/mol. The van der Waals surface area contributed by atoms with Crippen LogP contribution in [0.4, 0.5) is 0 Å². The lowest BCUT2D eigenvalue weighted by Crippen LogP contribution is -2.34. The number of nitrogens with two attached hydrogens (primary N) is 1. The molecule has 0 fully saturated rings. The number of rotatable bonds is 4. The van der Waals surface area contributed by atoms with Crippen LogP contribution < -0.4 is 5.73 Å². The SMILES string of the molecule is CSc1cc(CC(C)(C)N)cc(Br)c1SC. The smallest absolute Gasteiger partial charge is 0.0348 e. The third-order valence-electron chi connectivity index (χ3n) is 2.15. The van der Waals surface area contributed by atoms with Crippen LogP contribution in [0.1, 0.15) is 19.4 Å². The van der Waals surface area contributed by atoms with Gasteiger partial charge in [0.05, 0.1) is 0 Å². The van der Waals surface area contributed by atoms with Crippen molar-refractivity contribution in [2.75, 3.05) is 12.5 Å². The maximum absolute atomic E-state index is 6.05. The van der Waals surface area contributed by atoms with Crippen LogP contribution >= 0.6 is 39.5 Å². The van der Waals surface area contributed by atoms with Gasteiger partial charge >= 0.3 is 0 Å². The molecule has 0 heterocycles. The molecule has 1 rings (SSSR count). The summed E-state index contributed by atoms with van der Waals surface area (Å²) in [5.74, 6) is 0. The zero-order valence-corrected chi connectivity index (χ0v) is 13.4. The van der Waals surface area contributed by atoms with Crippen molar-refractivity contribution in [1.82, 2.24) is 0 Å². The van der Waals surface area contributed by atoms with E-state index in [0.29, 0.717) is 0 Å². The van der Waals surface area contributed by atoms with E-state index in [4.69, 9.17) is 5.73 Å². The van der Waals surface area contributed by atoms with Crippen LogP contribution in [0, 0.1) is 0 Å². The van der Waals surface area contributed by atoms with Crippen molar-refractivity contribution in [1.29, 1.82) is 0 Å². The van der Waals surface area contributed by atoms with Crippen LogP contribution in [0.2, 0.25) is 0 Å². The van der Waals surface area contributed by atoms with Gasteiger partial charge in [0.15, 0.2) is 0 Å². The molecule has 0 saturated heterocycles. The van der Waals surface area contributed by atoms with E-state index < -0.39 is 0 Å². The first kappa shape index (κ1) is 14.4. The number of benzene rings is 1. The van der Waals surface area contributed by atoms with Crippen LogP contribution in [0.3, 0.4) is 0 Å². The maximum Gasteiger partial charge on any atom is 0.0348 e. The second kappa shape index (κ2) is 5.80. The molecule has 0 spiro atoms. The molecule has 90 valence electrons. The molecule has 0 aliphatic rings. The van der Waals surface area contributed by atoms with Gasteiger partial charge in [-0.2, -0.15) is 0 Å². The molecule has 0 saturated carbocycles. The van der Waals surface area contributed by atoms with E-state index in [9.17, 15) is 0 Å². The first-order chi connectivity index (χ1) is 7.37. The van der Waals surface area contributed by atoms with E-state index in [0.717, 1.165) is 6.42 Å². The Balaban J connectivity index is 3.10. The molecular weight excluding hydrogens is 302 g/mol. The van der Waals surface area contributed by atoms with Gasteiger partial charge in [-0.25, -0.2) is 0 Å². The summed E-state index contributed by atoms with van der Waals surface area (Å²) in [7, 11) is 0. The summed E-state index contributed by atoms with van der Waals surface area (Å²) in [6.45, 7) is 4.12. The third-order valence-corrected chi connectivity index (χ3v) is 4.78. The average Bonchev–Trinajstić information content (AvgIpc) is 2.14. The van der Waals surface area contributed by atoms with E-state index in [1.807, 2.05) is 0 Å². The Kier molecular flexibility index (Phi) is 5.23. The van der Waals surface area contributed by atoms with Gasteiger partial charge in [0.1, 0.15) is 0 Å². The lowest BCUT2D eigenvalue weighted by Gasteiger charge is -2.20. The van der Waals surface area contributed by atoms with E-state index in [1.54, 1.807) is 23.5 Å². The summed E-state index contributed by atoms with van der Waals surface area (Å²) in [6, 6.07) is 4.43. The van der Waals surface area contributed by atoms with Gasteiger partial charge in [-0.05, 0) is 66.4 Å². The number of thioether (sulfide) groups is 2. The monoisotopic (exact) mass is 319 g/mol. The van der Waals surface area contributed by atoms with Crippen molar-refractivity contribution in [3.63, 3.8) is 0 Å². The fourth-order valence-corrected chi connectivity index (χ4v) is 4.30. The van der Waals surface area contributed by atoms with E-state index in [2.05, 4.69) is 54.4 Å². The van der Waals surface area contributed by atoms with Crippen LogP contribution in [0.5, 0.6) is 0 Å². The third kappa shape index (κ3) is 3.99. The molecule has 1 aromatic carbocycles. The molecule has 0 aliphatic heterocycles. The van der Waals surface area contributed by atoms with Gasteiger partial charge in [0.25, 0.3) is 0 Å². The molecule has 4 heteroatoms. The first-order valence-electron chi connectivity index (χ1n) is 5.06. The van der Waals surface area contributed by atoms with Crippen molar-refractivity contribution in [2.24, 2.45) is 5.73 Å². The first-order valence-corrected chi connectivity index (χ1v) is 8.31. The normalized spacial score (nSPS) is 11.9. The zero-order valence-electron chi connectivity index (χ0n) is 10.1. The molecule has 16 heavy (non-hydrogen) atoms. The summed E-state index contributed by atoms with van der Waals surface area (Å²) in [5.41, 5.74) is 7.19. The van der Waals surface area contributed by atoms with Crippen molar-refractivity contribution in [2.45, 2.75) is 35.6 Å². The molecule has 0 atom stereocenters. The fraction of sp³-hybridized carbons (Fsp3) is 0.500. The zero-order chi connectivity index (χ0) is 12.3. The summed E-state index contributed by atoms with van der Waals surface area (Å²) < 4.78 is 1.17. The van der Waals surface area contributed by atoms with E-state index in [1.165, 1.54) is 19.8 Å². The quantitative estimate of drug-likeness (QED) is 0.843. The van der Waals surface area contributed by atoms with Crippen molar-refractivity contribution < 1.29 is 0 Å². The molecule has 1 aromatic rings. The highest BCUT2D eigenvalue weighted by molar-refractivity contribution is 9.10. The largest absolute Gasteiger partial charge is 0.325 e. The van der Waals surface area contributed by atoms with Gasteiger partial charge < -0.3 is 5.73 Å². The molecular formula is C12H18BrNS2. The number of hydrogen-bond acceptors (Lipinski definition) is 3. The molecule has 0 amide bonds. The molecule has 2 N–H and O–H groups in total. The average molecular weight is 320 g/mol. The second-order valence-corrected chi connectivity index (χ2v) is 7.00. The Morgan fingerprint density at radius 1 is 1.25 bits per heavy atom. The summed E-state index contributed by atoms with van der Waals surface area (Å²) >= 11 is 7.19. The highest BCUT2D eigenvalue weighted by Crippen LogP contribution is 2.36. The summed E-state index contributed by atoms with van der Waals surface area (Å²) in [4.78, 5) is 2.63. The van der Waals surface area contributed by atoms with Crippen LogP contribution in [0.25, 0.3) is 0 Å². The van der Waals surface area contributed by atoms with Gasteiger partial charge in [0.2, 0.25) is 0 Å². The van der Waals surface area contributed by atoms with Crippen LogP contribution in [-0.2, 0) is 6.42 Å². The van der Waals surface area contributed by atoms with Gasteiger partial charge in [-0.3, -0.25) is 0 Å². The summed E-state index contributed by atoms with van der Waals surface area (Å²) in [6.07, 6.45) is 5.11. The van der Waals surface area contributed by atoms with Gasteiger partial charge in [-0.1, -0.05) is 0 Å². The van der Waals surface area contributed by atoms with Crippen molar-refractivity contribution >= 4 is 39.5 Å². The minimum Gasteiger partial charge on any atom is -0.325 e. The maximum atomic E-state index is 6.05. The Morgan fingerprint density at radius 3 is 2.31 bits per heavy atom. The highest BCUT2D eigenvalue weighted by Gasteiger charge is 2.14. The van der Waals surface area contributed by atoms with E-state index >= 15 is 0 Å². The molecule has 0 aliphatic carbocycles. The van der Waals surface area contributed by atoms with E-state index in [-0.39, 0.29) is 5.54 Å². The topological polar surface area (TPSA) is 26.0 Å². The lowest BCUT2D eigenvalue weighted by atomic mass is 9.96. The van der Waals surface area contributed by atoms with Crippen LogP contribution in [0.15, 0.2) is 26.4 Å². The number of halogens is 1. The molecule has 0 aromatic heterocycles. The molecule has 0 radical (unpaired) electrons. The number of hydrogen-bond donors (Lipinski definition) is 1. The Morgan fingerprint density at radius 2 is 1.88 bits per heavy atom. The van der Waals surface area contributed by atoms with Gasteiger partial charge in [0, 0.05) is 19.8 Å². The Bertz CT molecular complexity index is 372. The lowest BCUT2D eigenvalue weighted by molar-refractivity contribution is 0.516. The van der Waals surface area contributed by atoms with Crippen LogP contribution in [-0.4, -0.2) is 18.1 Å². The fourth-order valence-electron chi connectivity index (χ4n) is 1.60. The second-order valence-electron chi connectivity index (χ2n) is 4.48. The molecule has 0 unspecified atom stereocenters. The van der Waals surface area contributed by atoms with Crippen molar-refractivity contribution in [3.8, 4) is 0 Å². The highest BCUT2D eigenvalue weighted by atomic mass is 79.9. The van der Waals surface area contributed by atoms with Gasteiger partial charge in [-0.15, -0.1) is 23.5 Å². The molecule has 1 nitrogen and oxygen atoms in total. The minimum atomic E-state index is -0.157. The Labute approximate surface area is 115 Å². The summed E-state index contributed by atoms with van der Waals surface area (Å²) in [5, 5.41) is 0. The van der Waals surface area contributed by atoms with Crippen molar-refractivity contribution in [3.05, 3.63) is 22.2 Å². The predicted octanol–water partition coefficient (Wildman–Crippen LogP) is 4.17.